The largest absolute Gasteiger partial charge is 0.481 e. The average Bonchev–Trinajstić information content (AvgIpc) is 3.68. The van der Waals surface area contributed by atoms with E-state index >= 15 is 0 Å². The van der Waals surface area contributed by atoms with E-state index in [1.807, 2.05) is 15.2 Å². The van der Waals surface area contributed by atoms with Crippen molar-refractivity contribution in [2.24, 2.45) is 16.3 Å². The molecule has 1 atom stereocenters. The number of aromatic nitrogens is 1. The zero-order valence-corrected chi connectivity index (χ0v) is 26.4. The van der Waals surface area contributed by atoms with E-state index in [-0.39, 0.29) is 24.4 Å². The second-order valence-corrected chi connectivity index (χ2v) is 13.1. The molecule has 0 radical (unpaired) electrons. The quantitative estimate of drug-likeness (QED) is 0.418. The topological polar surface area (TPSA) is 128 Å². The third kappa shape index (κ3) is 6.19. The molecule has 2 saturated heterocycles. The molecule has 3 fully saturated rings. The number of likely N-dealkylation sites (tertiary alicyclic amines) is 1. The number of carboxylic acids is 1. The number of hydrogen-bond acceptors (Lipinski definition) is 9. The van der Waals surface area contributed by atoms with Crippen molar-refractivity contribution in [2.45, 2.75) is 45.6 Å². The third-order valence-corrected chi connectivity index (χ3v) is 10.4. The highest BCUT2D eigenvalue weighted by Crippen LogP contribution is 2.55. The van der Waals surface area contributed by atoms with Gasteiger partial charge in [0.2, 0.25) is 0 Å². The second kappa shape index (κ2) is 12.9. The van der Waals surface area contributed by atoms with Gasteiger partial charge in [-0.2, -0.15) is 0 Å². The summed E-state index contributed by atoms with van der Waals surface area (Å²) < 4.78 is 20.2. The highest BCUT2D eigenvalue weighted by Gasteiger charge is 2.56. The number of carbonyl (C=O) groups excluding carboxylic acids is 2. The number of carbonyl (C=O) groups is 3. The summed E-state index contributed by atoms with van der Waals surface area (Å²) in [5.74, 6) is -0.933. The number of ether oxygens (including phenoxy) is 1. The molecular weight excluding hydrogens is 599 g/mol. The van der Waals surface area contributed by atoms with Crippen molar-refractivity contribution in [3.63, 3.8) is 0 Å². The number of amidine groups is 1. The van der Waals surface area contributed by atoms with E-state index in [1.54, 1.807) is 32.2 Å². The van der Waals surface area contributed by atoms with Crippen molar-refractivity contribution < 1.29 is 28.6 Å². The molecule has 1 aromatic carbocycles. The maximum absolute atomic E-state index is 14.7. The van der Waals surface area contributed by atoms with Crippen molar-refractivity contribution in [3.8, 4) is 0 Å². The van der Waals surface area contributed by atoms with Gasteiger partial charge in [0.05, 0.1) is 17.6 Å². The first-order valence-corrected chi connectivity index (χ1v) is 16.5. The zero-order valence-electron chi connectivity index (χ0n) is 25.6. The van der Waals surface area contributed by atoms with Crippen LogP contribution in [0.3, 0.4) is 0 Å². The molecule has 1 aliphatic carbocycles. The van der Waals surface area contributed by atoms with Crippen LogP contribution in [0.25, 0.3) is 0 Å². The molecule has 1 aromatic heterocycles. The number of amides is 2. The molecule has 2 amide bonds. The van der Waals surface area contributed by atoms with Gasteiger partial charge in [-0.05, 0) is 62.6 Å². The summed E-state index contributed by atoms with van der Waals surface area (Å²) >= 11 is 1.42. The predicted octanol–water partition coefficient (Wildman–Crippen LogP) is 3.81. The van der Waals surface area contributed by atoms with E-state index < -0.39 is 23.4 Å². The van der Waals surface area contributed by atoms with Crippen LogP contribution in [0.1, 0.15) is 54.8 Å². The number of rotatable bonds is 8. The molecule has 0 bridgehead atoms. The third-order valence-electron chi connectivity index (χ3n) is 9.65. The first kappa shape index (κ1) is 31.2. The normalized spacial score (nSPS) is 22.1. The molecule has 11 nitrogen and oxygen atoms in total. The predicted molar refractivity (Wildman–Crippen MR) is 166 cm³/mol. The number of piperidine rings is 1. The van der Waals surface area contributed by atoms with E-state index in [1.165, 1.54) is 17.4 Å². The van der Waals surface area contributed by atoms with Crippen LogP contribution in [0, 0.1) is 24.1 Å². The fraction of sp³-hybridized carbons (Fsp3) is 0.531. The van der Waals surface area contributed by atoms with Gasteiger partial charge in [-0.3, -0.25) is 14.7 Å². The lowest BCUT2D eigenvalue weighted by molar-refractivity contribution is -0.146. The van der Waals surface area contributed by atoms with Gasteiger partial charge in [0.15, 0.2) is 10.8 Å². The van der Waals surface area contributed by atoms with Crippen LogP contribution < -0.4 is 5.32 Å². The van der Waals surface area contributed by atoms with Crippen LogP contribution in [0.2, 0.25) is 0 Å². The molecule has 240 valence electrons. The summed E-state index contributed by atoms with van der Waals surface area (Å²) in [6.45, 7) is 7.41. The minimum Gasteiger partial charge on any atom is -0.481 e. The number of piperazine rings is 1. The fourth-order valence-electron chi connectivity index (χ4n) is 6.84. The van der Waals surface area contributed by atoms with Crippen molar-refractivity contribution in [1.29, 1.82) is 0 Å². The Morgan fingerprint density at radius 2 is 1.82 bits per heavy atom. The van der Waals surface area contributed by atoms with Gasteiger partial charge < -0.3 is 25.0 Å². The smallest absolute Gasteiger partial charge is 0.338 e. The number of aliphatic imine (C=N–C) groups is 1. The fourth-order valence-corrected chi connectivity index (χ4v) is 7.43. The molecule has 1 saturated carbocycles. The first-order valence-electron chi connectivity index (χ1n) is 15.6. The lowest BCUT2D eigenvalue weighted by atomic mass is 9.81. The average molecular weight is 639 g/mol. The van der Waals surface area contributed by atoms with E-state index in [9.17, 15) is 23.9 Å². The molecule has 3 aliphatic heterocycles. The van der Waals surface area contributed by atoms with Gasteiger partial charge in [0, 0.05) is 63.1 Å². The monoisotopic (exact) mass is 638 g/mol. The Kier molecular flexibility index (Phi) is 8.91. The van der Waals surface area contributed by atoms with Crippen molar-refractivity contribution in [1.82, 2.24) is 25.0 Å². The first-order chi connectivity index (χ1) is 21.7. The number of esters is 1. The van der Waals surface area contributed by atoms with Crippen LogP contribution in [-0.4, -0.2) is 101 Å². The number of benzene rings is 1. The lowest BCUT2D eigenvalue weighted by Crippen LogP contribution is -2.55. The molecule has 0 unspecified atom stereocenters. The van der Waals surface area contributed by atoms with Crippen molar-refractivity contribution in [3.05, 3.63) is 63.0 Å². The number of hydrogen-bond donors (Lipinski definition) is 2. The number of urea groups is 1. The summed E-state index contributed by atoms with van der Waals surface area (Å²) in [7, 11) is 0. The SMILES string of the molecule is CCOC(=O)C1=C(CN2CCN(C(=O)N3CCC(C4(C(=O)O)CC4)CC3)CC2)NC(c2nccs2)=N[C@H]1c1cccc(F)c1C. The van der Waals surface area contributed by atoms with Gasteiger partial charge in [-0.15, -0.1) is 11.3 Å². The Bertz CT molecular complexity index is 1510. The number of carboxylic acid groups (broad SMARTS) is 1. The lowest BCUT2D eigenvalue weighted by Gasteiger charge is -2.41. The molecule has 13 heteroatoms. The van der Waals surface area contributed by atoms with Crippen LogP contribution in [0.15, 0.2) is 46.0 Å². The number of aliphatic carboxylic acids is 1. The number of thiazole rings is 1. The summed E-state index contributed by atoms with van der Waals surface area (Å²) in [6, 6.07) is 4.01. The van der Waals surface area contributed by atoms with Crippen molar-refractivity contribution >= 4 is 35.1 Å². The summed E-state index contributed by atoms with van der Waals surface area (Å²) in [5, 5.41) is 15.5. The molecule has 0 spiro atoms. The van der Waals surface area contributed by atoms with Gasteiger partial charge >= 0.3 is 18.0 Å². The van der Waals surface area contributed by atoms with Crippen LogP contribution in [-0.2, 0) is 14.3 Å². The Morgan fingerprint density at radius 1 is 1.11 bits per heavy atom. The Labute approximate surface area is 265 Å². The van der Waals surface area contributed by atoms with Gasteiger partial charge in [0.1, 0.15) is 11.9 Å². The molecular formula is C32H39FN6O5S. The van der Waals surface area contributed by atoms with Gasteiger partial charge in [0.25, 0.3) is 0 Å². The molecule has 45 heavy (non-hydrogen) atoms. The molecule has 6 rings (SSSR count). The maximum Gasteiger partial charge on any atom is 0.338 e. The highest BCUT2D eigenvalue weighted by molar-refractivity contribution is 7.11. The Hall–Kier alpha value is -3.84. The van der Waals surface area contributed by atoms with Crippen LogP contribution >= 0.6 is 11.3 Å². The number of nitrogens with one attached hydrogen (secondary N) is 1. The molecule has 4 heterocycles. The minimum absolute atomic E-state index is 0.00433. The maximum atomic E-state index is 14.7. The summed E-state index contributed by atoms with van der Waals surface area (Å²) in [4.78, 5) is 53.8. The number of nitrogens with zero attached hydrogens (tertiary/aromatic N) is 5. The highest BCUT2D eigenvalue weighted by atomic mass is 32.1. The zero-order chi connectivity index (χ0) is 31.7. The molecule has 2 N–H and O–H groups in total. The molecule has 4 aliphatic rings. The van der Waals surface area contributed by atoms with E-state index in [4.69, 9.17) is 9.73 Å². The van der Waals surface area contributed by atoms with E-state index in [0.29, 0.717) is 79.1 Å². The summed E-state index contributed by atoms with van der Waals surface area (Å²) in [5.41, 5.74) is 1.39. The van der Waals surface area contributed by atoms with Crippen LogP contribution in [0.5, 0.6) is 0 Å². The van der Waals surface area contributed by atoms with Crippen LogP contribution in [0.4, 0.5) is 9.18 Å². The van der Waals surface area contributed by atoms with E-state index in [0.717, 1.165) is 25.7 Å². The Morgan fingerprint density at radius 3 is 2.44 bits per heavy atom. The van der Waals surface area contributed by atoms with Gasteiger partial charge in [-0.25, -0.2) is 19.0 Å². The second-order valence-electron chi connectivity index (χ2n) is 12.2. The van der Waals surface area contributed by atoms with E-state index in [2.05, 4.69) is 15.2 Å². The summed E-state index contributed by atoms with van der Waals surface area (Å²) in [6.07, 6.45) is 4.62. The number of halogens is 1. The molecule has 2 aromatic rings. The standard InChI is InChI=1S/C32H39FN6O5S/c1-3-44-29(40)25-24(35-27(28-34-11-18-45-28)36-26(25)22-5-4-6-23(33)20(22)2)19-37-14-16-39(17-15-37)31(43)38-12-7-21(8-13-38)32(9-10-32)30(41)42/h4-6,11,18,21,26H,3,7-10,12-17,19H2,1-2H3,(H,35,36)(H,41,42)/t26-/m0/s1. The van der Waals surface area contributed by atoms with Crippen molar-refractivity contribution in [2.75, 3.05) is 52.4 Å². The Balaban J connectivity index is 1.17. The minimum atomic E-state index is -0.781. The van der Waals surface area contributed by atoms with Gasteiger partial charge in [-0.1, -0.05) is 12.1 Å².